The van der Waals surface area contributed by atoms with Crippen LogP contribution in [0.25, 0.3) is 0 Å². The van der Waals surface area contributed by atoms with Crippen molar-refractivity contribution in [3.05, 3.63) is 0 Å². The molecule has 2 N–H and O–H groups in total. The number of carboxylic acids is 2. The Kier molecular flexibility index (Phi) is 4.12. The molecule has 0 spiro atoms. The molecule has 86 valence electrons. The van der Waals surface area contributed by atoms with Crippen molar-refractivity contribution in [2.75, 3.05) is 0 Å². The second-order valence-electron chi connectivity index (χ2n) is 4.57. The van der Waals surface area contributed by atoms with Gasteiger partial charge >= 0.3 is 11.9 Å². The molecular weight excluding hydrogens is 196 g/mol. The lowest BCUT2D eigenvalue weighted by Gasteiger charge is -2.24. The first-order valence-corrected chi connectivity index (χ1v) is 5.46. The van der Waals surface area contributed by atoms with E-state index >= 15 is 0 Å². The van der Waals surface area contributed by atoms with E-state index in [0.29, 0.717) is 31.6 Å². The minimum absolute atomic E-state index is 0.313. The number of carboxylic acid groups (broad SMARTS) is 2. The molecule has 0 heterocycles. The maximum absolute atomic E-state index is 10.9. The van der Waals surface area contributed by atoms with Gasteiger partial charge in [0.15, 0.2) is 0 Å². The van der Waals surface area contributed by atoms with Gasteiger partial charge in [0.1, 0.15) is 0 Å². The summed E-state index contributed by atoms with van der Waals surface area (Å²) in [5, 5.41) is 17.9. The average molecular weight is 214 g/mol. The van der Waals surface area contributed by atoms with Gasteiger partial charge in [-0.25, -0.2) is 0 Å². The predicted octanol–water partition coefficient (Wildman–Crippen LogP) is 1.99. The van der Waals surface area contributed by atoms with Gasteiger partial charge in [-0.2, -0.15) is 0 Å². The number of rotatable bonds is 2. The summed E-state index contributed by atoms with van der Waals surface area (Å²) in [7, 11) is 0. The highest BCUT2D eigenvalue weighted by molar-refractivity contribution is 5.71. The van der Waals surface area contributed by atoms with Gasteiger partial charge in [-0.1, -0.05) is 6.92 Å². The van der Waals surface area contributed by atoms with Crippen LogP contribution in [-0.4, -0.2) is 22.2 Å². The van der Waals surface area contributed by atoms with E-state index in [1.165, 1.54) is 0 Å². The number of hydrogen-bond donors (Lipinski definition) is 2. The van der Waals surface area contributed by atoms with Crippen molar-refractivity contribution in [1.29, 1.82) is 0 Å². The summed E-state index contributed by atoms with van der Waals surface area (Å²) in [5.74, 6) is -1.97. The topological polar surface area (TPSA) is 74.6 Å². The van der Waals surface area contributed by atoms with Gasteiger partial charge in [-0.15, -0.1) is 0 Å². The van der Waals surface area contributed by atoms with Crippen LogP contribution < -0.4 is 0 Å². The van der Waals surface area contributed by atoms with Crippen LogP contribution in [0.15, 0.2) is 0 Å². The molecule has 0 aromatic rings. The molecule has 1 aliphatic carbocycles. The molecule has 1 fully saturated rings. The van der Waals surface area contributed by atoms with E-state index in [1.807, 2.05) is 6.92 Å². The summed E-state index contributed by atoms with van der Waals surface area (Å²) >= 11 is 0. The molecule has 3 atom stereocenters. The van der Waals surface area contributed by atoms with Crippen molar-refractivity contribution in [1.82, 2.24) is 0 Å². The predicted molar refractivity (Wildman–Crippen MR) is 54.5 cm³/mol. The Balaban J connectivity index is 2.61. The molecule has 0 aromatic carbocycles. The first-order chi connectivity index (χ1) is 7.00. The maximum atomic E-state index is 10.9. The molecule has 1 unspecified atom stereocenters. The molecule has 0 aliphatic heterocycles. The average Bonchev–Trinajstić information content (AvgIpc) is 2.10. The van der Waals surface area contributed by atoms with Crippen LogP contribution >= 0.6 is 0 Å². The lowest BCUT2D eigenvalue weighted by Crippen LogP contribution is -2.24. The quantitative estimate of drug-likeness (QED) is 0.737. The molecule has 0 radical (unpaired) electrons. The fourth-order valence-electron chi connectivity index (χ4n) is 2.23. The van der Waals surface area contributed by atoms with Crippen LogP contribution in [0, 0.1) is 17.8 Å². The van der Waals surface area contributed by atoms with E-state index in [1.54, 1.807) is 0 Å². The summed E-state index contributed by atoms with van der Waals surface area (Å²) in [6.45, 7) is 2.00. The first-order valence-electron chi connectivity index (χ1n) is 5.46. The fourth-order valence-corrected chi connectivity index (χ4v) is 2.23. The monoisotopic (exact) mass is 214 g/mol. The van der Waals surface area contributed by atoms with E-state index in [4.69, 9.17) is 10.2 Å². The zero-order valence-corrected chi connectivity index (χ0v) is 8.98. The summed E-state index contributed by atoms with van der Waals surface area (Å²) in [6.07, 6.45) is 3.18. The Morgan fingerprint density at radius 2 is 1.40 bits per heavy atom. The Labute approximate surface area is 89.3 Å². The molecule has 1 rings (SSSR count). The first kappa shape index (κ1) is 12.0. The highest BCUT2D eigenvalue weighted by atomic mass is 16.4. The Bertz CT molecular complexity index is 249. The summed E-state index contributed by atoms with van der Waals surface area (Å²) in [5.41, 5.74) is 0. The van der Waals surface area contributed by atoms with Crippen molar-refractivity contribution in [2.24, 2.45) is 17.8 Å². The van der Waals surface area contributed by atoms with Gasteiger partial charge in [0.2, 0.25) is 0 Å². The van der Waals surface area contributed by atoms with Gasteiger partial charge in [-0.05, 0) is 38.0 Å². The number of carbonyl (C=O) groups is 2. The molecule has 0 amide bonds. The minimum atomic E-state index is -0.784. The van der Waals surface area contributed by atoms with Crippen LogP contribution in [0.3, 0.4) is 0 Å². The highest BCUT2D eigenvalue weighted by Gasteiger charge is 2.27. The van der Waals surface area contributed by atoms with Crippen molar-refractivity contribution >= 4 is 11.9 Å². The standard InChI is InChI=1S/C11H18O4/c1-7-2-3-8(10(12)13)4-5-9(6-7)11(14)15/h7-9H,2-6H2,1H3,(H,12,13)(H,14,15)/t7?,8-,9+/m1/s1. The van der Waals surface area contributed by atoms with Crippen LogP contribution in [0.5, 0.6) is 0 Å². The smallest absolute Gasteiger partial charge is 0.306 e. The van der Waals surface area contributed by atoms with Crippen LogP contribution in [0.2, 0.25) is 0 Å². The molecular formula is C11H18O4. The second-order valence-corrected chi connectivity index (χ2v) is 4.57. The van der Waals surface area contributed by atoms with Gasteiger partial charge in [0, 0.05) is 0 Å². The van der Waals surface area contributed by atoms with E-state index < -0.39 is 11.9 Å². The molecule has 4 nitrogen and oxygen atoms in total. The van der Waals surface area contributed by atoms with Gasteiger partial charge in [0.05, 0.1) is 11.8 Å². The largest absolute Gasteiger partial charge is 0.481 e. The summed E-state index contributed by atoms with van der Waals surface area (Å²) in [4.78, 5) is 21.7. The van der Waals surface area contributed by atoms with Crippen LogP contribution in [0.1, 0.15) is 39.0 Å². The molecule has 0 saturated heterocycles. The molecule has 15 heavy (non-hydrogen) atoms. The summed E-state index contributed by atoms with van der Waals surface area (Å²) < 4.78 is 0. The van der Waals surface area contributed by atoms with Crippen LogP contribution in [-0.2, 0) is 9.59 Å². The molecule has 0 aromatic heterocycles. The molecule has 0 bridgehead atoms. The van der Waals surface area contributed by atoms with Gasteiger partial charge in [-0.3, -0.25) is 9.59 Å². The zero-order valence-electron chi connectivity index (χ0n) is 8.98. The van der Waals surface area contributed by atoms with Crippen LogP contribution in [0.4, 0.5) is 0 Å². The van der Waals surface area contributed by atoms with Gasteiger partial charge < -0.3 is 10.2 Å². The third-order valence-electron chi connectivity index (χ3n) is 3.26. The van der Waals surface area contributed by atoms with Crippen molar-refractivity contribution in [3.8, 4) is 0 Å². The van der Waals surface area contributed by atoms with Gasteiger partial charge in [0.25, 0.3) is 0 Å². The van der Waals surface area contributed by atoms with E-state index in [9.17, 15) is 9.59 Å². The zero-order chi connectivity index (χ0) is 11.4. The van der Waals surface area contributed by atoms with E-state index in [0.717, 1.165) is 6.42 Å². The maximum Gasteiger partial charge on any atom is 0.306 e. The number of aliphatic carboxylic acids is 2. The Hall–Kier alpha value is -1.06. The Morgan fingerprint density at radius 1 is 0.933 bits per heavy atom. The third-order valence-corrected chi connectivity index (χ3v) is 3.26. The molecule has 4 heteroatoms. The molecule has 1 saturated carbocycles. The summed E-state index contributed by atoms with van der Waals surface area (Å²) in [6, 6.07) is 0. The molecule has 1 aliphatic rings. The SMILES string of the molecule is CC1CC[C@@H](C(=O)O)CC[C@H](C(=O)O)C1. The fraction of sp³-hybridized carbons (Fsp3) is 0.818. The second kappa shape index (κ2) is 5.14. The highest BCUT2D eigenvalue weighted by Crippen LogP contribution is 2.29. The van der Waals surface area contributed by atoms with E-state index in [2.05, 4.69) is 0 Å². The minimum Gasteiger partial charge on any atom is -0.481 e. The number of hydrogen-bond acceptors (Lipinski definition) is 2. The van der Waals surface area contributed by atoms with Crippen molar-refractivity contribution in [3.63, 3.8) is 0 Å². The lowest BCUT2D eigenvalue weighted by molar-refractivity contribution is -0.146. The van der Waals surface area contributed by atoms with Crippen molar-refractivity contribution < 1.29 is 19.8 Å². The lowest BCUT2D eigenvalue weighted by atomic mass is 9.81. The van der Waals surface area contributed by atoms with E-state index in [-0.39, 0.29) is 11.8 Å². The normalized spacial score (nSPS) is 32.7. The third kappa shape index (κ3) is 3.53. The van der Waals surface area contributed by atoms with Crippen molar-refractivity contribution in [2.45, 2.75) is 39.0 Å². The Morgan fingerprint density at radius 3 is 1.93 bits per heavy atom.